The molecule has 3 rings (SSSR count). The van der Waals surface area contributed by atoms with Crippen LogP contribution in [0.2, 0.25) is 0 Å². The molecule has 0 aliphatic heterocycles. The van der Waals surface area contributed by atoms with Crippen LogP contribution in [0.15, 0.2) is 53.2 Å². The second-order valence-electron chi connectivity index (χ2n) is 5.27. The number of fused-ring (bicyclic) bond motifs is 1. The van der Waals surface area contributed by atoms with Gasteiger partial charge >= 0.3 is 0 Å². The molecule has 2 heteroatoms. The van der Waals surface area contributed by atoms with E-state index in [0.717, 1.165) is 17.4 Å². The summed E-state index contributed by atoms with van der Waals surface area (Å²) in [4.78, 5) is 0. The molecule has 19 heavy (non-hydrogen) atoms. The standard InChI is InChI=1S/C17H17NO/c1-12(2)15-6-3-13(4-7-15)9-14-5-8-16-11-18-19-17(16)10-14/h3-8,10-12H,9H2,1-2H3. The van der Waals surface area contributed by atoms with Crippen LogP contribution >= 0.6 is 0 Å². The molecule has 0 aliphatic carbocycles. The van der Waals surface area contributed by atoms with E-state index in [0.29, 0.717) is 5.92 Å². The van der Waals surface area contributed by atoms with Gasteiger partial charge in [0, 0.05) is 5.39 Å². The molecule has 96 valence electrons. The van der Waals surface area contributed by atoms with Crippen LogP contribution in [0.5, 0.6) is 0 Å². The average Bonchev–Trinajstić information content (AvgIpc) is 2.87. The summed E-state index contributed by atoms with van der Waals surface area (Å²) in [5, 5.41) is 4.86. The molecule has 0 atom stereocenters. The Kier molecular flexibility index (Phi) is 3.08. The molecule has 3 aromatic rings. The highest BCUT2D eigenvalue weighted by Gasteiger charge is 2.03. The second-order valence-corrected chi connectivity index (χ2v) is 5.27. The van der Waals surface area contributed by atoms with Crippen LogP contribution in [0.25, 0.3) is 11.0 Å². The van der Waals surface area contributed by atoms with E-state index in [1.165, 1.54) is 16.7 Å². The Bertz CT molecular complexity index is 680. The third kappa shape index (κ3) is 2.53. The molecule has 0 unspecified atom stereocenters. The van der Waals surface area contributed by atoms with Crippen molar-refractivity contribution < 1.29 is 4.52 Å². The highest BCUT2D eigenvalue weighted by Crippen LogP contribution is 2.19. The van der Waals surface area contributed by atoms with Crippen molar-refractivity contribution in [3.05, 3.63) is 65.4 Å². The molecule has 0 saturated heterocycles. The van der Waals surface area contributed by atoms with Crippen LogP contribution in [-0.4, -0.2) is 5.16 Å². The van der Waals surface area contributed by atoms with Gasteiger partial charge in [0.05, 0.1) is 6.20 Å². The fraction of sp³-hybridized carbons (Fsp3) is 0.235. The predicted molar refractivity (Wildman–Crippen MR) is 77.3 cm³/mol. The SMILES string of the molecule is CC(C)c1ccc(Cc2ccc3cnoc3c2)cc1. The second kappa shape index (κ2) is 4.88. The lowest BCUT2D eigenvalue weighted by molar-refractivity contribution is 0.456. The van der Waals surface area contributed by atoms with E-state index in [2.05, 4.69) is 61.5 Å². The van der Waals surface area contributed by atoms with Crippen LogP contribution in [0.4, 0.5) is 0 Å². The minimum Gasteiger partial charge on any atom is -0.356 e. The Balaban J connectivity index is 1.83. The van der Waals surface area contributed by atoms with Crippen molar-refractivity contribution in [2.24, 2.45) is 0 Å². The van der Waals surface area contributed by atoms with Gasteiger partial charge in [-0.3, -0.25) is 0 Å². The molecule has 0 N–H and O–H groups in total. The zero-order valence-electron chi connectivity index (χ0n) is 11.3. The smallest absolute Gasteiger partial charge is 0.167 e. The van der Waals surface area contributed by atoms with E-state index in [1.54, 1.807) is 6.20 Å². The van der Waals surface area contributed by atoms with E-state index in [9.17, 15) is 0 Å². The zero-order valence-corrected chi connectivity index (χ0v) is 11.3. The molecule has 0 spiro atoms. The summed E-state index contributed by atoms with van der Waals surface area (Å²) < 4.78 is 5.20. The van der Waals surface area contributed by atoms with Gasteiger partial charge in [-0.2, -0.15) is 0 Å². The fourth-order valence-corrected chi connectivity index (χ4v) is 2.27. The highest BCUT2D eigenvalue weighted by atomic mass is 16.5. The van der Waals surface area contributed by atoms with Crippen molar-refractivity contribution in [1.82, 2.24) is 5.16 Å². The monoisotopic (exact) mass is 251 g/mol. The maximum Gasteiger partial charge on any atom is 0.167 e. The molecule has 0 fully saturated rings. The lowest BCUT2D eigenvalue weighted by Gasteiger charge is -2.07. The van der Waals surface area contributed by atoms with Gasteiger partial charge in [0.25, 0.3) is 0 Å². The molecule has 1 heterocycles. The van der Waals surface area contributed by atoms with Crippen LogP contribution in [0.1, 0.15) is 36.5 Å². The summed E-state index contributed by atoms with van der Waals surface area (Å²) >= 11 is 0. The fourth-order valence-electron chi connectivity index (χ4n) is 2.27. The number of aromatic nitrogens is 1. The first kappa shape index (κ1) is 12.0. The van der Waals surface area contributed by atoms with Crippen LogP contribution in [0.3, 0.4) is 0 Å². The lowest BCUT2D eigenvalue weighted by atomic mass is 9.99. The van der Waals surface area contributed by atoms with Gasteiger partial charge in [-0.25, -0.2) is 0 Å². The van der Waals surface area contributed by atoms with Gasteiger partial charge in [-0.15, -0.1) is 0 Å². The third-order valence-electron chi connectivity index (χ3n) is 3.48. The summed E-state index contributed by atoms with van der Waals surface area (Å²) in [6.45, 7) is 4.43. The van der Waals surface area contributed by atoms with Gasteiger partial charge in [0.1, 0.15) is 0 Å². The van der Waals surface area contributed by atoms with Gasteiger partial charge in [-0.1, -0.05) is 49.3 Å². The minimum atomic E-state index is 0.583. The summed E-state index contributed by atoms with van der Waals surface area (Å²) in [5.41, 5.74) is 4.82. The number of benzene rings is 2. The van der Waals surface area contributed by atoms with E-state index in [1.807, 2.05) is 0 Å². The van der Waals surface area contributed by atoms with Gasteiger partial charge in [-0.05, 0) is 41.2 Å². The summed E-state index contributed by atoms with van der Waals surface area (Å²) in [6.07, 6.45) is 2.67. The molecule has 2 nitrogen and oxygen atoms in total. The molecule has 0 amide bonds. The largest absolute Gasteiger partial charge is 0.356 e. The quantitative estimate of drug-likeness (QED) is 0.683. The molecule has 2 aromatic carbocycles. The van der Waals surface area contributed by atoms with Crippen molar-refractivity contribution in [2.75, 3.05) is 0 Å². The Hall–Kier alpha value is -2.09. The van der Waals surface area contributed by atoms with Crippen molar-refractivity contribution in [1.29, 1.82) is 0 Å². The Labute approximate surface area is 113 Å². The summed E-state index contributed by atoms with van der Waals surface area (Å²) in [6, 6.07) is 15.1. The maximum absolute atomic E-state index is 5.20. The van der Waals surface area contributed by atoms with Crippen molar-refractivity contribution in [2.45, 2.75) is 26.2 Å². The molecule has 0 bridgehead atoms. The first-order chi connectivity index (χ1) is 9.22. The first-order valence-electron chi connectivity index (χ1n) is 6.64. The predicted octanol–water partition coefficient (Wildman–Crippen LogP) is 4.54. The van der Waals surface area contributed by atoms with Crippen molar-refractivity contribution >= 4 is 11.0 Å². The van der Waals surface area contributed by atoms with Gasteiger partial charge in [0.2, 0.25) is 0 Å². The number of hydrogen-bond acceptors (Lipinski definition) is 2. The van der Waals surface area contributed by atoms with E-state index >= 15 is 0 Å². The normalized spacial score (nSPS) is 11.3. The molecule has 0 saturated carbocycles. The summed E-state index contributed by atoms with van der Waals surface area (Å²) in [5.74, 6) is 0.583. The lowest BCUT2D eigenvalue weighted by Crippen LogP contribution is -1.91. The third-order valence-corrected chi connectivity index (χ3v) is 3.48. The average molecular weight is 251 g/mol. The molecular weight excluding hydrogens is 234 g/mol. The van der Waals surface area contributed by atoms with Gasteiger partial charge in [0.15, 0.2) is 5.58 Å². The molecule has 0 aliphatic rings. The highest BCUT2D eigenvalue weighted by molar-refractivity contribution is 5.76. The van der Waals surface area contributed by atoms with Crippen LogP contribution < -0.4 is 0 Å². The zero-order chi connectivity index (χ0) is 13.2. The Morgan fingerprint density at radius 1 is 1.00 bits per heavy atom. The molecule has 0 radical (unpaired) electrons. The topological polar surface area (TPSA) is 26.0 Å². The van der Waals surface area contributed by atoms with Crippen LogP contribution in [0, 0.1) is 0 Å². The van der Waals surface area contributed by atoms with Crippen LogP contribution in [-0.2, 0) is 6.42 Å². The number of rotatable bonds is 3. The van der Waals surface area contributed by atoms with Crippen molar-refractivity contribution in [3.8, 4) is 0 Å². The van der Waals surface area contributed by atoms with Gasteiger partial charge < -0.3 is 4.52 Å². The number of nitrogens with zero attached hydrogens (tertiary/aromatic N) is 1. The van der Waals surface area contributed by atoms with E-state index < -0.39 is 0 Å². The first-order valence-corrected chi connectivity index (χ1v) is 6.64. The van der Waals surface area contributed by atoms with E-state index in [4.69, 9.17) is 4.52 Å². The summed E-state index contributed by atoms with van der Waals surface area (Å²) in [7, 11) is 0. The minimum absolute atomic E-state index is 0.583. The maximum atomic E-state index is 5.20. The molecule has 1 aromatic heterocycles. The number of hydrogen-bond donors (Lipinski definition) is 0. The Morgan fingerprint density at radius 3 is 2.47 bits per heavy atom. The van der Waals surface area contributed by atoms with E-state index in [-0.39, 0.29) is 0 Å². The van der Waals surface area contributed by atoms with Crippen molar-refractivity contribution in [3.63, 3.8) is 0 Å². The molecular formula is C17H17NO. The Morgan fingerprint density at radius 2 is 1.74 bits per heavy atom.